The second kappa shape index (κ2) is 7.42. The predicted molar refractivity (Wildman–Crippen MR) is 92.0 cm³/mol. The minimum Gasteiger partial charge on any atom is -0.378 e. The molecule has 1 unspecified atom stereocenters. The number of ether oxygens (including phenoxy) is 1. The maximum atomic E-state index is 6.38. The maximum Gasteiger partial charge on any atom is 0.0645 e. The van der Waals surface area contributed by atoms with Crippen LogP contribution in [0.15, 0.2) is 22.7 Å². The van der Waals surface area contributed by atoms with E-state index < -0.39 is 0 Å². The van der Waals surface area contributed by atoms with E-state index in [1.54, 1.807) is 0 Å². The Morgan fingerprint density at radius 1 is 1.48 bits per heavy atom. The zero-order valence-corrected chi connectivity index (χ0v) is 15.3. The number of morpholine rings is 1. The van der Waals surface area contributed by atoms with Gasteiger partial charge in [0.25, 0.3) is 0 Å². The van der Waals surface area contributed by atoms with Crippen LogP contribution in [0.1, 0.15) is 31.9 Å². The molecule has 1 atom stereocenters. The molecule has 118 valence electrons. The van der Waals surface area contributed by atoms with E-state index in [1.165, 1.54) is 0 Å². The Kier molecular flexibility index (Phi) is 6.09. The van der Waals surface area contributed by atoms with Gasteiger partial charge in [-0.05, 0) is 45.0 Å². The standard InChI is InChI=1S/C16H24BrClN2O/c1-16(2)11-21-9-8-20(16)7-6-15(19-3)13-5-4-12(17)10-14(13)18/h4-5,10,15,19H,6-9,11H2,1-3H3. The molecule has 0 radical (unpaired) electrons. The first-order valence-electron chi connectivity index (χ1n) is 7.39. The average Bonchev–Trinajstić information content (AvgIpc) is 2.42. The highest BCUT2D eigenvalue weighted by Crippen LogP contribution is 2.29. The zero-order valence-electron chi connectivity index (χ0n) is 13.0. The molecular weight excluding hydrogens is 352 g/mol. The zero-order chi connectivity index (χ0) is 15.5. The van der Waals surface area contributed by atoms with Crippen LogP contribution >= 0.6 is 27.5 Å². The third kappa shape index (κ3) is 4.42. The molecule has 2 rings (SSSR count). The first-order valence-corrected chi connectivity index (χ1v) is 8.56. The van der Waals surface area contributed by atoms with Gasteiger partial charge in [0.15, 0.2) is 0 Å². The number of nitrogens with one attached hydrogen (secondary N) is 1. The third-order valence-electron chi connectivity index (χ3n) is 4.19. The molecule has 5 heteroatoms. The van der Waals surface area contributed by atoms with Crippen molar-refractivity contribution in [2.24, 2.45) is 0 Å². The number of benzene rings is 1. The summed E-state index contributed by atoms with van der Waals surface area (Å²) in [5, 5.41) is 4.20. The molecule has 0 bridgehead atoms. The molecular formula is C16H24BrClN2O. The lowest BCUT2D eigenvalue weighted by Crippen LogP contribution is -2.53. The van der Waals surface area contributed by atoms with Crippen LogP contribution in [0, 0.1) is 0 Å². The monoisotopic (exact) mass is 374 g/mol. The van der Waals surface area contributed by atoms with Crippen molar-refractivity contribution in [1.82, 2.24) is 10.2 Å². The van der Waals surface area contributed by atoms with E-state index >= 15 is 0 Å². The fourth-order valence-corrected chi connectivity index (χ4v) is 3.63. The number of halogens is 2. The molecule has 0 aliphatic carbocycles. The van der Waals surface area contributed by atoms with Gasteiger partial charge in [0.2, 0.25) is 0 Å². The average molecular weight is 376 g/mol. The summed E-state index contributed by atoms with van der Waals surface area (Å²) in [6.45, 7) is 8.15. The Hall–Kier alpha value is -0.130. The molecule has 1 fully saturated rings. The van der Waals surface area contributed by atoms with Crippen molar-refractivity contribution in [3.63, 3.8) is 0 Å². The number of hydrogen-bond donors (Lipinski definition) is 1. The van der Waals surface area contributed by atoms with E-state index in [-0.39, 0.29) is 11.6 Å². The third-order valence-corrected chi connectivity index (χ3v) is 5.01. The fourth-order valence-electron chi connectivity index (χ4n) is 2.83. The van der Waals surface area contributed by atoms with Gasteiger partial charge in [0.05, 0.1) is 13.2 Å². The summed E-state index contributed by atoms with van der Waals surface area (Å²) in [6, 6.07) is 6.37. The SMILES string of the molecule is CNC(CCN1CCOCC1(C)C)c1ccc(Br)cc1Cl. The van der Waals surface area contributed by atoms with E-state index in [0.29, 0.717) is 0 Å². The first kappa shape index (κ1) is 17.2. The van der Waals surface area contributed by atoms with Gasteiger partial charge >= 0.3 is 0 Å². The Bertz CT molecular complexity index is 481. The van der Waals surface area contributed by atoms with Crippen LogP contribution < -0.4 is 5.32 Å². The minimum absolute atomic E-state index is 0.111. The van der Waals surface area contributed by atoms with Crippen molar-refractivity contribution in [3.8, 4) is 0 Å². The topological polar surface area (TPSA) is 24.5 Å². The summed E-state index contributed by atoms with van der Waals surface area (Å²) in [6.07, 6.45) is 1.03. The molecule has 1 aromatic rings. The van der Waals surface area contributed by atoms with Gasteiger partial charge in [-0.1, -0.05) is 33.6 Å². The summed E-state index contributed by atoms with van der Waals surface area (Å²) in [7, 11) is 1.99. The molecule has 1 heterocycles. The second-order valence-corrected chi connectivity index (χ2v) is 7.47. The smallest absolute Gasteiger partial charge is 0.0645 e. The normalized spacial score (nSPS) is 20.4. The van der Waals surface area contributed by atoms with Gasteiger partial charge in [-0.25, -0.2) is 0 Å². The van der Waals surface area contributed by atoms with Crippen LogP contribution in [0.4, 0.5) is 0 Å². The molecule has 0 spiro atoms. The van der Waals surface area contributed by atoms with Gasteiger partial charge in [-0.15, -0.1) is 0 Å². The van der Waals surface area contributed by atoms with E-state index in [0.717, 1.165) is 47.8 Å². The summed E-state index contributed by atoms with van der Waals surface area (Å²) < 4.78 is 6.60. The van der Waals surface area contributed by atoms with Crippen molar-refractivity contribution in [2.45, 2.75) is 31.8 Å². The molecule has 0 saturated carbocycles. The Balaban J connectivity index is 2.02. The molecule has 0 amide bonds. The number of nitrogens with zero attached hydrogens (tertiary/aromatic N) is 1. The quantitative estimate of drug-likeness (QED) is 0.845. The van der Waals surface area contributed by atoms with E-state index in [1.807, 2.05) is 19.2 Å². The maximum absolute atomic E-state index is 6.38. The van der Waals surface area contributed by atoms with Crippen LogP contribution in [0.25, 0.3) is 0 Å². The van der Waals surface area contributed by atoms with Crippen molar-refractivity contribution in [1.29, 1.82) is 0 Å². The van der Waals surface area contributed by atoms with Crippen LogP contribution in [0.2, 0.25) is 5.02 Å². The molecule has 1 saturated heterocycles. The highest BCUT2D eigenvalue weighted by atomic mass is 79.9. The Labute approximate surface area is 141 Å². The van der Waals surface area contributed by atoms with Gasteiger partial charge in [-0.3, -0.25) is 4.90 Å². The highest BCUT2D eigenvalue weighted by Gasteiger charge is 2.30. The van der Waals surface area contributed by atoms with E-state index in [2.05, 4.69) is 46.1 Å². The van der Waals surface area contributed by atoms with Crippen LogP contribution in [-0.2, 0) is 4.74 Å². The van der Waals surface area contributed by atoms with Crippen molar-refractivity contribution in [3.05, 3.63) is 33.3 Å². The summed E-state index contributed by atoms with van der Waals surface area (Å²) in [4.78, 5) is 2.51. The van der Waals surface area contributed by atoms with Gasteiger partial charge in [0, 0.05) is 34.2 Å². The molecule has 1 aromatic carbocycles. The summed E-state index contributed by atoms with van der Waals surface area (Å²) >= 11 is 9.83. The Morgan fingerprint density at radius 2 is 2.24 bits per heavy atom. The molecule has 21 heavy (non-hydrogen) atoms. The summed E-state index contributed by atoms with van der Waals surface area (Å²) in [5.41, 5.74) is 1.27. The minimum atomic E-state index is 0.111. The highest BCUT2D eigenvalue weighted by molar-refractivity contribution is 9.10. The molecule has 1 N–H and O–H groups in total. The van der Waals surface area contributed by atoms with Gasteiger partial charge in [-0.2, -0.15) is 0 Å². The lowest BCUT2D eigenvalue weighted by atomic mass is 9.99. The first-order chi connectivity index (χ1) is 9.94. The molecule has 1 aliphatic heterocycles. The van der Waals surface area contributed by atoms with Crippen molar-refractivity contribution >= 4 is 27.5 Å². The number of rotatable bonds is 5. The van der Waals surface area contributed by atoms with E-state index in [4.69, 9.17) is 16.3 Å². The van der Waals surface area contributed by atoms with E-state index in [9.17, 15) is 0 Å². The van der Waals surface area contributed by atoms with Crippen LogP contribution in [-0.4, -0.2) is 43.8 Å². The molecule has 3 nitrogen and oxygen atoms in total. The molecule has 1 aliphatic rings. The fraction of sp³-hybridized carbons (Fsp3) is 0.625. The van der Waals surface area contributed by atoms with Crippen molar-refractivity contribution in [2.75, 3.05) is 33.4 Å². The number of hydrogen-bond acceptors (Lipinski definition) is 3. The lowest BCUT2D eigenvalue weighted by Gasteiger charge is -2.42. The van der Waals surface area contributed by atoms with Gasteiger partial charge < -0.3 is 10.1 Å². The second-order valence-electron chi connectivity index (χ2n) is 6.15. The lowest BCUT2D eigenvalue weighted by molar-refractivity contribution is -0.0520. The van der Waals surface area contributed by atoms with Crippen molar-refractivity contribution < 1.29 is 4.74 Å². The largest absolute Gasteiger partial charge is 0.378 e. The van der Waals surface area contributed by atoms with Crippen LogP contribution in [0.3, 0.4) is 0 Å². The Morgan fingerprint density at radius 3 is 2.86 bits per heavy atom. The predicted octanol–water partition coefficient (Wildman–Crippen LogP) is 3.86. The molecule has 0 aromatic heterocycles. The summed E-state index contributed by atoms with van der Waals surface area (Å²) in [5.74, 6) is 0. The van der Waals surface area contributed by atoms with Gasteiger partial charge in [0.1, 0.15) is 0 Å². The van der Waals surface area contributed by atoms with Crippen LogP contribution in [0.5, 0.6) is 0 Å².